The van der Waals surface area contributed by atoms with E-state index in [1.54, 1.807) is 30.3 Å². The Bertz CT molecular complexity index is 888. The molecule has 0 unspecified atom stereocenters. The fourth-order valence-electron chi connectivity index (χ4n) is 2.49. The van der Waals surface area contributed by atoms with Crippen LogP contribution in [-0.2, 0) is 9.59 Å². The Kier molecular flexibility index (Phi) is 6.88. The second-order valence-electron chi connectivity index (χ2n) is 5.95. The van der Waals surface area contributed by atoms with Crippen molar-refractivity contribution in [1.82, 2.24) is 10.6 Å². The third-order valence-electron chi connectivity index (χ3n) is 3.80. The molecule has 0 spiro atoms. The minimum Gasteiger partial charge on any atom is -0.352 e. The Balaban J connectivity index is 2.34. The molecule has 2 rings (SSSR count). The summed E-state index contributed by atoms with van der Waals surface area (Å²) < 4.78 is 0. The molecule has 0 aliphatic heterocycles. The highest BCUT2D eigenvalue weighted by atomic mass is 16.2. The van der Waals surface area contributed by atoms with Crippen molar-refractivity contribution in [2.45, 2.75) is 20.8 Å². The zero-order chi connectivity index (χ0) is 19.8. The van der Waals surface area contributed by atoms with Crippen molar-refractivity contribution in [3.05, 3.63) is 70.9 Å². The van der Waals surface area contributed by atoms with Gasteiger partial charge in [-0.05, 0) is 43.2 Å². The zero-order valence-electron chi connectivity index (χ0n) is 15.6. The van der Waals surface area contributed by atoms with E-state index in [9.17, 15) is 14.4 Å². The number of para-hydroxylation sites is 1. The Morgan fingerprint density at radius 1 is 1.00 bits per heavy atom. The Morgan fingerprint density at radius 2 is 1.67 bits per heavy atom. The van der Waals surface area contributed by atoms with Crippen molar-refractivity contribution in [2.75, 3.05) is 11.9 Å². The third kappa shape index (κ3) is 5.54. The topological polar surface area (TPSA) is 87.3 Å². The SMILES string of the molecule is CCNC(=O)c1ccccc1NC(=O)C(=Cc1ccccc1C)NC(C)=O. The molecule has 2 aromatic carbocycles. The van der Waals surface area contributed by atoms with Crippen LogP contribution < -0.4 is 16.0 Å². The molecule has 2 aromatic rings. The number of hydrogen-bond acceptors (Lipinski definition) is 3. The summed E-state index contributed by atoms with van der Waals surface area (Å²) in [7, 11) is 0. The van der Waals surface area contributed by atoms with E-state index in [0.29, 0.717) is 17.8 Å². The van der Waals surface area contributed by atoms with Gasteiger partial charge in [-0.2, -0.15) is 0 Å². The molecule has 0 bridgehead atoms. The van der Waals surface area contributed by atoms with Crippen molar-refractivity contribution >= 4 is 29.5 Å². The molecular weight excluding hydrogens is 342 g/mol. The first-order valence-electron chi connectivity index (χ1n) is 8.66. The zero-order valence-corrected chi connectivity index (χ0v) is 15.6. The van der Waals surface area contributed by atoms with Crippen molar-refractivity contribution < 1.29 is 14.4 Å². The van der Waals surface area contributed by atoms with E-state index in [1.807, 2.05) is 38.1 Å². The fourth-order valence-corrected chi connectivity index (χ4v) is 2.49. The van der Waals surface area contributed by atoms with Gasteiger partial charge in [0.15, 0.2) is 0 Å². The first-order valence-corrected chi connectivity index (χ1v) is 8.66. The van der Waals surface area contributed by atoms with E-state index >= 15 is 0 Å². The summed E-state index contributed by atoms with van der Waals surface area (Å²) in [4.78, 5) is 36.5. The number of anilines is 1. The van der Waals surface area contributed by atoms with Crippen molar-refractivity contribution in [2.24, 2.45) is 0 Å². The number of hydrogen-bond donors (Lipinski definition) is 3. The van der Waals surface area contributed by atoms with Gasteiger partial charge in [-0.3, -0.25) is 14.4 Å². The Hall–Kier alpha value is -3.41. The molecule has 0 saturated heterocycles. The standard InChI is InChI=1S/C21H23N3O3/c1-4-22-20(26)17-11-7-8-12-18(17)24-21(27)19(23-15(3)25)13-16-10-6-5-9-14(16)2/h5-13H,4H2,1-3H3,(H,22,26)(H,23,25)(H,24,27). The summed E-state index contributed by atoms with van der Waals surface area (Å²) >= 11 is 0. The minimum absolute atomic E-state index is 0.0995. The summed E-state index contributed by atoms with van der Waals surface area (Å²) in [6.07, 6.45) is 1.61. The highest BCUT2D eigenvalue weighted by Crippen LogP contribution is 2.17. The van der Waals surface area contributed by atoms with Crippen LogP contribution in [0.1, 0.15) is 35.3 Å². The monoisotopic (exact) mass is 365 g/mol. The van der Waals surface area contributed by atoms with E-state index in [4.69, 9.17) is 0 Å². The lowest BCUT2D eigenvalue weighted by atomic mass is 10.1. The quantitative estimate of drug-likeness (QED) is 0.688. The van der Waals surface area contributed by atoms with Gasteiger partial charge >= 0.3 is 0 Å². The molecule has 0 fully saturated rings. The second-order valence-corrected chi connectivity index (χ2v) is 5.95. The van der Waals surface area contributed by atoms with Gasteiger partial charge in [0.05, 0.1) is 11.3 Å². The van der Waals surface area contributed by atoms with E-state index in [1.165, 1.54) is 6.92 Å². The van der Waals surface area contributed by atoms with Gasteiger partial charge in [0, 0.05) is 13.5 Å². The highest BCUT2D eigenvalue weighted by Gasteiger charge is 2.16. The molecule has 140 valence electrons. The molecule has 3 N–H and O–H groups in total. The van der Waals surface area contributed by atoms with Crippen molar-refractivity contribution in [3.63, 3.8) is 0 Å². The van der Waals surface area contributed by atoms with E-state index in [2.05, 4.69) is 16.0 Å². The van der Waals surface area contributed by atoms with E-state index < -0.39 is 5.91 Å². The van der Waals surface area contributed by atoms with Crippen LogP contribution in [0.2, 0.25) is 0 Å². The summed E-state index contributed by atoms with van der Waals surface area (Å²) in [6.45, 7) is 5.55. The summed E-state index contributed by atoms with van der Waals surface area (Å²) in [5.41, 5.74) is 2.60. The Morgan fingerprint density at radius 3 is 2.33 bits per heavy atom. The van der Waals surface area contributed by atoms with Gasteiger partial charge in [0.2, 0.25) is 5.91 Å². The first kappa shape index (κ1) is 19.9. The fraction of sp³-hybridized carbons (Fsp3) is 0.190. The molecule has 0 radical (unpaired) electrons. The number of rotatable bonds is 6. The summed E-state index contributed by atoms with van der Waals surface area (Å²) in [5.74, 6) is -1.15. The summed E-state index contributed by atoms with van der Waals surface area (Å²) in [5, 5.41) is 7.98. The maximum atomic E-state index is 12.8. The number of amides is 3. The number of carbonyl (C=O) groups is 3. The lowest BCUT2D eigenvalue weighted by Crippen LogP contribution is -2.30. The highest BCUT2D eigenvalue weighted by molar-refractivity contribution is 6.11. The van der Waals surface area contributed by atoms with Gasteiger partial charge in [0.25, 0.3) is 11.8 Å². The van der Waals surface area contributed by atoms with Gasteiger partial charge in [-0.1, -0.05) is 36.4 Å². The van der Waals surface area contributed by atoms with Crippen LogP contribution in [0.5, 0.6) is 0 Å². The Labute approximate surface area is 158 Å². The molecule has 0 saturated carbocycles. The first-order chi connectivity index (χ1) is 12.9. The van der Waals surface area contributed by atoms with Crippen LogP contribution in [-0.4, -0.2) is 24.3 Å². The lowest BCUT2D eigenvalue weighted by Gasteiger charge is -2.13. The molecule has 0 aliphatic rings. The van der Waals surface area contributed by atoms with Gasteiger partial charge in [-0.15, -0.1) is 0 Å². The molecule has 0 aromatic heterocycles. The van der Waals surface area contributed by atoms with E-state index in [0.717, 1.165) is 11.1 Å². The lowest BCUT2D eigenvalue weighted by molar-refractivity contribution is -0.120. The van der Waals surface area contributed by atoms with E-state index in [-0.39, 0.29) is 17.5 Å². The van der Waals surface area contributed by atoms with Crippen LogP contribution in [0.15, 0.2) is 54.2 Å². The average Bonchev–Trinajstić information content (AvgIpc) is 2.63. The van der Waals surface area contributed by atoms with Crippen molar-refractivity contribution in [3.8, 4) is 0 Å². The number of carbonyl (C=O) groups excluding carboxylic acids is 3. The largest absolute Gasteiger partial charge is 0.352 e. The van der Waals surface area contributed by atoms with Crippen LogP contribution in [0.25, 0.3) is 6.08 Å². The molecule has 0 aliphatic carbocycles. The molecule has 0 heterocycles. The molecule has 27 heavy (non-hydrogen) atoms. The van der Waals surface area contributed by atoms with Gasteiger partial charge < -0.3 is 16.0 Å². The molecule has 0 atom stereocenters. The smallest absolute Gasteiger partial charge is 0.272 e. The predicted octanol–water partition coefficient (Wildman–Crippen LogP) is 2.86. The summed E-state index contributed by atoms with van der Waals surface area (Å²) in [6, 6.07) is 14.2. The molecule has 6 nitrogen and oxygen atoms in total. The maximum absolute atomic E-state index is 12.8. The molecular formula is C21H23N3O3. The number of nitrogens with one attached hydrogen (secondary N) is 3. The second kappa shape index (κ2) is 9.33. The van der Waals surface area contributed by atoms with Crippen LogP contribution in [0.4, 0.5) is 5.69 Å². The van der Waals surface area contributed by atoms with Crippen LogP contribution >= 0.6 is 0 Å². The molecule has 6 heteroatoms. The third-order valence-corrected chi connectivity index (χ3v) is 3.80. The van der Waals surface area contributed by atoms with Gasteiger partial charge in [-0.25, -0.2) is 0 Å². The van der Waals surface area contributed by atoms with Crippen molar-refractivity contribution in [1.29, 1.82) is 0 Å². The number of aryl methyl sites for hydroxylation is 1. The molecule has 3 amide bonds. The van der Waals surface area contributed by atoms with Gasteiger partial charge in [0.1, 0.15) is 5.70 Å². The average molecular weight is 365 g/mol. The predicted molar refractivity (Wildman–Crippen MR) is 106 cm³/mol. The van der Waals surface area contributed by atoms with Crippen LogP contribution in [0, 0.1) is 6.92 Å². The number of benzene rings is 2. The maximum Gasteiger partial charge on any atom is 0.272 e. The normalized spacial score (nSPS) is 10.9. The van der Waals surface area contributed by atoms with Crippen LogP contribution in [0.3, 0.4) is 0 Å². The minimum atomic E-state index is -0.509.